The molecule has 2 aliphatic rings. The van der Waals surface area contributed by atoms with Gasteiger partial charge in [-0.1, -0.05) is 26.0 Å². The fourth-order valence-electron chi connectivity index (χ4n) is 4.68. The summed E-state index contributed by atoms with van der Waals surface area (Å²) in [5, 5.41) is 19.1. The average Bonchev–Trinajstić information content (AvgIpc) is 3.21. The number of ether oxygens (including phenoxy) is 1. The number of ketones is 1. The maximum Gasteiger partial charge on any atom is 0.269 e. The molecule has 1 aliphatic heterocycles. The van der Waals surface area contributed by atoms with Crippen LogP contribution in [0.1, 0.15) is 45.2 Å². The third-order valence-corrected chi connectivity index (χ3v) is 6.18. The zero-order valence-electron chi connectivity index (χ0n) is 19.2. The Morgan fingerprint density at radius 2 is 1.85 bits per heavy atom. The van der Waals surface area contributed by atoms with E-state index in [0.29, 0.717) is 35.9 Å². The third kappa shape index (κ3) is 3.83. The van der Waals surface area contributed by atoms with Gasteiger partial charge in [-0.15, -0.1) is 5.10 Å². The molecule has 1 aromatic heterocycles. The fraction of sp³-hybridized carbons (Fsp3) is 0.320. The molecule has 5 rings (SSSR count). The lowest BCUT2D eigenvalue weighted by molar-refractivity contribution is -0.384. The Hall–Kier alpha value is -4.01. The number of Topliss-reactive ketones (excluding diaryl/α,β-unsaturated/α-hetero) is 1. The quantitative estimate of drug-likeness (QED) is 0.426. The van der Waals surface area contributed by atoms with Gasteiger partial charge in [0.15, 0.2) is 11.6 Å². The summed E-state index contributed by atoms with van der Waals surface area (Å²) in [6.07, 6.45) is 1.18. The molecule has 3 aromatic rings. The Balaban J connectivity index is 1.61. The van der Waals surface area contributed by atoms with Crippen molar-refractivity contribution >= 4 is 17.4 Å². The summed E-state index contributed by atoms with van der Waals surface area (Å²) in [6.45, 7) is 6.68. The number of hydrogen-bond acceptors (Lipinski definition) is 7. The minimum absolute atomic E-state index is 0.00284. The topological polar surface area (TPSA) is 112 Å². The molecule has 174 valence electrons. The molecule has 0 bridgehead atoms. The number of non-ortho nitro benzene ring substituents is 1. The molecule has 0 fully saturated rings. The first-order valence-electron chi connectivity index (χ1n) is 11.2. The molecule has 0 saturated heterocycles. The molecule has 9 nitrogen and oxygen atoms in total. The standard InChI is InChI=1S/C25H25N5O4/c1-4-34-18-11-7-15(8-12-18)22-21-19(13-25(2,3)14-20(21)31)26-24-27-23(28-29(22)24)16-5-9-17(10-6-16)30(32)33/h5-12,22H,4,13-14H2,1-3H3,(H,26,27,28). The number of carbonyl (C=O) groups is 1. The fourth-order valence-corrected chi connectivity index (χ4v) is 4.68. The maximum absolute atomic E-state index is 13.3. The van der Waals surface area contributed by atoms with Crippen molar-refractivity contribution < 1.29 is 14.5 Å². The normalized spacial score (nSPS) is 18.7. The number of nitro groups is 1. The van der Waals surface area contributed by atoms with Crippen LogP contribution < -0.4 is 10.1 Å². The summed E-state index contributed by atoms with van der Waals surface area (Å²) < 4.78 is 7.32. The summed E-state index contributed by atoms with van der Waals surface area (Å²) in [6, 6.07) is 13.4. The van der Waals surface area contributed by atoms with Gasteiger partial charge in [0.05, 0.1) is 11.5 Å². The van der Waals surface area contributed by atoms with E-state index in [9.17, 15) is 14.9 Å². The number of carbonyl (C=O) groups excluding carboxylic acids is 1. The van der Waals surface area contributed by atoms with Gasteiger partial charge in [-0.3, -0.25) is 14.9 Å². The van der Waals surface area contributed by atoms with Crippen LogP contribution in [0.5, 0.6) is 5.75 Å². The van der Waals surface area contributed by atoms with Gasteiger partial charge in [-0.25, -0.2) is 4.68 Å². The third-order valence-electron chi connectivity index (χ3n) is 6.18. The van der Waals surface area contributed by atoms with Crippen LogP contribution in [0.2, 0.25) is 0 Å². The minimum Gasteiger partial charge on any atom is -0.494 e. The zero-order valence-corrected chi connectivity index (χ0v) is 19.2. The highest BCUT2D eigenvalue weighted by Gasteiger charge is 2.41. The second kappa shape index (κ2) is 8.09. The lowest BCUT2D eigenvalue weighted by Crippen LogP contribution is -2.36. The molecule has 1 atom stereocenters. The summed E-state index contributed by atoms with van der Waals surface area (Å²) in [5.41, 5.74) is 2.99. The minimum atomic E-state index is -0.440. The molecule has 1 N–H and O–H groups in total. The van der Waals surface area contributed by atoms with Gasteiger partial charge in [0, 0.05) is 35.4 Å². The molecular weight excluding hydrogens is 434 g/mol. The number of allylic oxidation sites excluding steroid dienone is 2. The number of nitrogens with one attached hydrogen (secondary N) is 1. The van der Waals surface area contributed by atoms with Crippen LogP contribution in [0.15, 0.2) is 59.8 Å². The van der Waals surface area contributed by atoms with Crippen molar-refractivity contribution in [3.05, 3.63) is 75.5 Å². The second-order valence-electron chi connectivity index (χ2n) is 9.37. The van der Waals surface area contributed by atoms with Crippen molar-refractivity contribution in [3.63, 3.8) is 0 Å². The van der Waals surface area contributed by atoms with Gasteiger partial charge in [0.25, 0.3) is 5.69 Å². The Labute approximate surface area is 196 Å². The number of aromatic nitrogens is 3. The van der Waals surface area contributed by atoms with Crippen LogP contribution in [0.25, 0.3) is 11.4 Å². The predicted octanol–water partition coefficient (Wildman–Crippen LogP) is 4.91. The largest absolute Gasteiger partial charge is 0.494 e. The predicted molar refractivity (Wildman–Crippen MR) is 127 cm³/mol. The Morgan fingerprint density at radius 3 is 2.50 bits per heavy atom. The molecular formula is C25H25N5O4. The van der Waals surface area contributed by atoms with E-state index < -0.39 is 11.0 Å². The number of nitro benzene ring substituents is 1. The van der Waals surface area contributed by atoms with Gasteiger partial charge in [0.2, 0.25) is 5.95 Å². The van der Waals surface area contributed by atoms with Gasteiger partial charge in [-0.05, 0) is 48.6 Å². The van der Waals surface area contributed by atoms with E-state index in [1.807, 2.05) is 31.2 Å². The average molecular weight is 460 g/mol. The van der Waals surface area contributed by atoms with Crippen molar-refractivity contribution in [2.24, 2.45) is 5.41 Å². The first-order chi connectivity index (χ1) is 16.3. The van der Waals surface area contributed by atoms with Crippen molar-refractivity contribution in [1.29, 1.82) is 0 Å². The smallest absolute Gasteiger partial charge is 0.269 e. The van der Waals surface area contributed by atoms with Crippen LogP contribution >= 0.6 is 0 Å². The molecule has 2 aromatic carbocycles. The molecule has 34 heavy (non-hydrogen) atoms. The van der Waals surface area contributed by atoms with E-state index in [0.717, 1.165) is 23.4 Å². The maximum atomic E-state index is 13.3. The molecule has 9 heteroatoms. The first kappa shape index (κ1) is 21.8. The van der Waals surface area contributed by atoms with E-state index >= 15 is 0 Å². The molecule has 1 aliphatic carbocycles. The monoisotopic (exact) mass is 459 g/mol. The van der Waals surface area contributed by atoms with Crippen molar-refractivity contribution in [1.82, 2.24) is 14.8 Å². The summed E-state index contributed by atoms with van der Waals surface area (Å²) in [4.78, 5) is 28.6. The molecule has 0 saturated carbocycles. The van der Waals surface area contributed by atoms with Crippen LogP contribution in [0.3, 0.4) is 0 Å². The molecule has 0 amide bonds. The first-order valence-corrected chi connectivity index (χ1v) is 11.2. The Bertz CT molecular complexity index is 1310. The lowest BCUT2D eigenvalue weighted by atomic mass is 9.73. The van der Waals surface area contributed by atoms with Crippen LogP contribution in [-0.4, -0.2) is 32.1 Å². The van der Waals surface area contributed by atoms with Crippen LogP contribution in [0.4, 0.5) is 11.6 Å². The van der Waals surface area contributed by atoms with Crippen LogP contribution in [-0.2, 0) is 4.79 Å². The van der Waals surface area contributed by atoms with Crippen molar-refractivity contribution in [3.8, 4) is 17.1 Å². The van der Waals surface area contributed by atoms with Crippen molar-refractivity contribution in [2.75, 3.05) is 11.9 Å². The van der Waals surface area contributed by atoms with Gasteiger partial charge in [-0.2, -0.15) is 4.98 Å². The number of anilines is 1. The number of nitrogens with zero attached hydrogens (tertiary/aromatic N) is 4. The number of hydrogen-bond donors (Lipinski definition) is 1. The Kier molecular flexibility index (Phi) is 5.19. The number of rotatable bonds is 5. The highest BCUT2D eigenvalue weighted by Crippen LogP contribution is 2.45. The number of fused-ring (bicyclic) bond motifs is 1. The molecule has 1 unspecified atom stereocenters. The van der Waals surface area contributed by atoms with E-state index in [-0.39, 0.29) is 16.9 Å². The summed E-state index contributed by atoms with van der Waals surface area (Å²) >= 11 is 0. The summed E-state index contributed by atoms with van der Waals surface area (Å²) in [5.74, 6) is 1.82. The highest BCUT2D eigenvalue weighted by molar-refractivity contribution is 6.00. The Morgan fingerprint density at radius 1 is 1.15 bits per heavy atom. The van der Waals surface area contributed by atoms with Crippen molar-refractivity contribution in [2.45, 2.75) is 39.7 Å². The highest BCUT2D eigenvalue weighted by atomic mass is 16.6. The SMILES string of the molecule is CCOc1ccc(C2C3=C(CC(C)(C)CC3=O)Nc3nc(-c4ccc([N+](=O)[O-])cc4)nn32)cc1. The van der Waals surface area contributed by atoms with E-state index in [1.165, 1.54) is 12.1 Å². The van der Waals surface area contributed by atoms with Gasteiger partial charge < -0.3 is 10.1 Å². The zero-order chi connectivity index (χ0) is 24.0. The van der Waals surface area contributed by atoms with E-state index in [2.05, 4.69) is 24.1 Å². The molecule has 0 spiro atoms. The van der Waals surface area contributed by atoms with Gasteiger partial charge >= 0.3 is 0 Å². The molecule has 0 radical (unpaired) electrons. The van der Waals surface area contributed by atoms with Crippen LogP contribution in [0, 0.1) is 15.5 Å². The molecule has 2 heterocycles. The van der Waals surface area contributed by atoms with E-state index in [1.54, 1.807) is 16.8 Å². The van der Waals surface area contributed by atoms with E-state index in [4.69, 9.17) is 9.84 Å². The second-order valence-corrected chi connectivity index (χ2v) is 9.37. The number of benzene rings is 2. The van der Waals surface area contributed by atoms with Gasteiger partial charge in [0.1, 0.15) is 11.8 Å². The lowest BCUT2D eigenvalue weighted by Gasteiger charge is -2.38. The summed E-state index contributed by atoms with van der Waals surface area (Å²) in [7, 11) is 0.